The van der Waals surface area contributed by atoms with Gasteiger partial charge in [-0.05, 0) is 36.4 Å². The second kappa shape index (κ2) is 6.02. The number of nitrogens with zero attached hydrogens (tertiary/aromatic N) is 9. The summed E-state index contributed by atoms with van der Waals surface area (Å²) in [5.74, 6) is -0.0905. The number of fused-ring (bicyclic) bond motifs is 1. The zero-order chi connectivity index (χ0) is 18.3. The smallest absolute Gasteiger partial charge is 0.249 e. The fourth-order valence-electron chi connectivity index (χ4n) is 2.84. The lowest BCUT2D eigenvalue weighted by Gasteiger charge is -2.02. The van der Waals surface area contributed by atoms with Gasteiger partial charge in [0.2, 0.25) is 11.9 Å². The Morgan fingerprint density at radius 1 is 1.23 bits per heavy atom. The van der Waals surface area contributed by atoms with Crippen LogP contribution in [0.5, 0.6) is 0 Å². The van der Waals surface area contributed by atoms with Gasteiger partial charge in [0.15, 0.2) is 5.65 Å². The first-order valence-electron chi connectivity index (χ1n) is 7.89. The summed E-state index contributed by atoms with van der Waals surface area (Å²) in [7, 11) is 1.91. The second-order valence-electron chi connectivity index (χ2n) is 5.88. The quantitative estimate of drug-likeness (QED) is 0.563. The predicted octanol–water partition coefficient (Wildman–Crippen LogP) is 0.372. The maximum absolute atomic E-state index is 12.0. The molecular weight excluding hydrogens is 336 g/mol. The van der Waals surface area contributed by atoms with Crippen molar-refractivity contribution in [3.05, 3.63) is 36.0 Å². The summed E-state index contributed by atoms with van der Waals surface area (Å²) in [5, 5.41) is 22.0. The molecule has 0 atom stereocenters. The lowest BCUT2D eigenvalue weighted by Crippen LogP contribution is -2.19. The maximum atomic E-state index is 12.0. The van der Waals surface area contributed by atoms with Crippen molar-refractivity contribution in [2.75, 3.05) is 5.32 Å². The minimum absolute atomic E-state index is 0.0120. The van der Waals surface area contributed by atoms with Gasteiger partial charge in [-0.15, -0.1) is 10.2 Å². The molecular formula is C15H16N10O. The van der Waals surface area contributed by atoms with Crippen molar-refractivity contribution < 1.29 is 4.79 Å². The van der Waals surface area contributed by atoms with Crippen molar-refractivity contribution in [2.24, 2.45) is 7.05 Å². The minimum atomic E-state index is -0.313. The van der Waals surface area contributed by atoms with Crippen LogP contribution in [0.1, 0.15) is 11.4 Å². The Morgan fingerprint density at radius 3 is 2.77 bits per heavy atom. The van der Waals surface area contributed by atoms with Gasteiger partial charge >= 0.3 is 0 Å². The molecule has 132 valence electrons. The molecule has 0 aliphatic heterocycles. The summed E-state index contributed by atoms with van der Waals surface area (Å²) in [6.07, 6.45) is 3.23. The van der Waals surface area contributed by atoms with Crippen LogP contribution < -0.4 is 5.32 Å². The number of pyridine rings is 1. The molecule has 0 radical (unpaired) electrons. The van der Waals surface area contributed by atoms with Crippen LogP contribution in [0.15, 0.2) is 24.7 Å². The summed E-state index contributed by atoms with van der Waals surface area (Å²) in [5.41, 5.74) is 4.69. The Bertz CT molecular complexity index is 1090. The van der Waals surface area contributed by atoms with Gasteiger partial charge in [0.25, 0.3) is 0 Å². The van der Waals surface area contributed by atoms with Gasteiger partial charge in [0, 0.05) is 30.1 Å². The standard InChI is InChI=1S/C15H16N10O/c1-9-14(10(2)23(3)19-9)11-4-5-12-17-15(20-25(12)6-11)18-13(26)7-24-8-16-21-22-24/h4-6,8H,7H2,1-3H3,(H,18,20,26). The Hall–Kier alpha value is -3.63. The highest BCUT2D eigenvalue weighted by molar-refractivity contribution is 5.88. The molecule has 4 aromatic rings. The topological polar surface area (TPSA) is 121 Å². The lowest BCUT2D eigenvalue weighted by atomic mass is 10.1. The van der Waals surface area contributed by atoms with Crippen molar-refractivity contribution in [1.82, 2.24) is 44.6 Å². The van der Waals surface area contributed by atoms with Crippen LogP contribution in [0.25, 0.3) is 16.8 Å². The molecule has 1 amide bonds. The number of amides is 1. The molecule has 4 heterocycles. The van der Waals surface area contributed by atoms with Crippen molar-refractivity contribution in [2.45, 2.75) is 20.4 Å². The zero-order valence-corrected chi connectivity index (χ0v) is 14.4. The third kappa shape index (κ3) is 2.79. The van der Waals surface area contributed by atoms with Gasteiger partial charge in [-0.2, -0.15) is 10.1 Å². The third-order valence-corrected chi connectivity index (χ3v) is 4.08. The van der Waals surface area contributed by atoms with Crippen LogP contribution in [-0.4, -0.2) is 50.5 Å². The monoisotopic (exact) mass is 352 g/mol. The average Bonchev–Trinajstić information content (AvgIpc) is 3.28. The molecule has 0 aromatic carbocycles. The molecule has 11 heteroatoms. The summed E-state index contributed by atoms with van der Waals surface area (Å²) < 4.78 is 4.80. The molecule has 26 heavy (non-hydrogen) atoms. The van der Waals surface area contributed by atoms with E-state index in [4.69, 9.17) is 0 Å². The van der Waals surface area contributed by atoms with Gasteiger partial charge in [0.05, 0.1) is 5.69 Å². The minimum Gasteiger partial charge on any atom is -0.292 e. The van der Waals surface area contributed by atoms with E-state index in [1.165, 1.54) is 11.0 Å². The van der Waals surface area contributed by atoms with Crippen LogP contribution in [0.2, 0.25) is 0 Å². The van der Waals surface area contributed by atoms with Gasteiger partial charge < -0.3 is 0 Å². The van der Waals surface area contributed by atoms with Crippen molar-refractivity contribution in [3.8, 4) is 11.1 Å². The fraction of sp³-hybridized carbons (Fsp3) is 0.267. The van der Waals surface area contributed by atoms with E-state index in [1.807, 2.05) is 43.9 Å². The highest BCUT2D eigenvalue weighted by atomic mass is 16.2. The van der Waals surface area contributed by atoms with Crippen molar-refractivity contribution in [3.63, 3.8) is 0 Å². The molecule has 0 saturated heterocycles. The number of hydrogen-bond acceptors (Lipinski definition) is 7. The van der Waals surface area contributed by atoms with Gasteiger partial charge in [-0.1, -0.05) is 0 Å². The normalized spacial score (nSPS) is 11.2. The van der Waals surface area contributed by atoms with E-state index in [1.54, 1.807) is 4.52 Å². The molecule has 4 rings (SSSR count). The molecule has 4 aromatic heterocycles. The van der Waals surface area contributed by atoms with Crippen LogP contribution in [0, 0.1) is 13.8 Å². The number of carbonyl (C=O) groups excluding carboxylic acids is 1. The van der Waals surface area contributed by atoms with E-state index in [-0.39, 0.29) is 18.4 Å². The molecule has 11 nitrogen and oxygen atoms in total. The number of carbonyl (C=O) groups is 1. The van der Waals surface area contributed by atoms with Crippen LogP contribution in [0.4, 0.5) is 5.95 Å². The average molecular weight is 352 g/mol. The Morgan fingerprint density at radius 2 is 2.08 bits per heavy atom. The second-order valence-corrected chi connectivity index (χ2v) is 5.88. The lowest BCUT2D eigenvalue weighted by molar-refractivity contribution is -0.117. The highest BCUT2D eigenvalue weighted by Gasteiger charge is 2.14. The number of hydrogen-bond donors (Lipinski definition) is 1. The first-order chi connectivity index (χ1) is 12.5. The van der Waals surface area contributed by atoms with Gasteiger partial charge in [0.1, 0.15) is 12.9 Å². The number of nitrogens with one attached hydrogen (secondary N) is 1. The molecule has 0 aliphatic carbocycles. The van der Waals surface area contributed by atoms with E-state index in [0.29, 0.717) is 5.65 Å². The summed E-state index contributed by atoms with van der Waals surface area (Å²) in [4.78, 5) is 16.3. The number of anilines is 1. The Balaban J connectivity index is 1.60. The number of aromatic nitrogens is 9. The third-order valence-electron chi connectivity index (χ3n) is 4.08. The van der Waals surface area contributed by atoms with E-state index in [0.717, 1.165) is 22.5 Å². The molecule has 0 unspecified atom stereocenters. The van der Waals surface area contributed by atoms with Crippen molar-refractivity contribution >= 4 is 17.5 Å². The first-order valence-corrected chi connectivity index (χ1v) is 7.89. The fourth-order valence-corrected chi connectivity index (χ4v) is 2.84. The zero-order valence-electron chi connectivity index (χ0n) is 14.4. The highest BCUT2D eigenvalue weighted by Crippen LogP contribution is 2.26. The number of aryl methyl sites for hydroxylation is 2. The molecule has 1 N–H and O–H groups in total. The van der Waals surface area contributed by atoms with Crippen molar-refractivity contribution in [1.29, 1.82) is 0 Å². The number of rotatable bonds is 4. The number of tetrazole rings is 1. The molecule has 0 fully saturated rings. The predicted molar refractivity (Wildman–Crippen MR) is 91.1 cm³/mol. The Labute approximate surface area is 147 Å². The van der Waals surface area contributed by atoms with E-state index in [9.17, 15) is 4.79 Å². The van der Waals surface area contributed by atoms with E-state index >= 15 is 0 Å². The van der Waals surface area contributed by atoms with Gasteiger partial charge in [-0.25, -0.2) is 9.20 Å². The molecule has 0 spiro atoms. The SMILES string of the molecule is Cc1nn(C)c(C)c1-c1ccc2nc(NC(=O)Cn3cnnn3)nn2c1. The first kappa shape index (κ1) is 15.9. The largest absolute Gasteiger partial charge is 0.292 e. The van der Waals surface area contributed by atoms with Crippen LogP contribution in [0.3, 0.4) is 0 Å². The maximum Gasteiger partial charge on any atom is 0.249 e. The van der Waals surface area contributed by atoms with E-state index in [2.05, 4.69) is 36.0 Å². The molecule has 0 aliphatic rings. The van der Waals surface area contributed by atoms with Crippen LogP contribution in [-0.2, 0) is 18.4 Å². The summed E-state index contributed by atoms with van der Waals surface area (Å²) in [6.45, 7) is 3.98. The van der Waals surface area contributed by atoms with Gasteiger partial charge in [-0.3, -0.25) is 14.8 Å². The molecule has 0 bridgehead atoms. The van der Waals surface area contributed by atoms with E-state index < -0.39 is 0 Å². The molecule has 0 saturated carbocycles. The Kier molecular flexibility index (Phi) is 3.68. The summed E-state index contributed by atoms with van der Waals surface area (Å²) in [6, 6.07) is 3.82. The van der Waals surface area contributed by atoms with Crippen LogP contribution >= 0.6 is 0 Å². The summed E-state index contributed by atoms with van der Waals surface area (Å²) >= 11 is 0.